The van der Waals surface area contributed by atoms with Crippen molar-refractivity contribution in [2.45, 2.75) is 33.7 Å². The summed E-state index contributed by atoms with van der Waals surface area (Å²) in [6.07, 6.45) is 4.04. The second kappa shape index (κ2) is 2.22. The molecule has 1 unspecified atom stereocenters. The Balaban J connectivity index is 2.78. The first-order valence-electron chi connectivity index (χ1n) is 3.75. The quantitative estimate of drug-likeness (QED) is 0.486. The smallest absolute Gasteiger partial charge is 0.0689 e. The lowest BCUT2D eigenvalue weighted by atomic mass is 9.83. The lowest BCUT2D eigenvalue weighted by molar-refractivity contribution is 0.475. The Labute approximate surface area is 62.9 Å². The number of hydrogen-bond acceptors (Lipinski definition) is 1. The van der Waals surface area contributed by atoms with Crippen LogP contribution in [0, 0.1) is 5.41 Å². The van der Waals surface area contributed by atoms with Gasteiger partial charge in [-0.25, -0.2) is 0 Å². The lowest BCUT2D eigenvalue weighted by Gasteiger charge is -2.23. The van der Waals surface area contributed by atoms with Crippen molar-refractivity contribution in [2.24, 2.45) is 10.4 Å². The van der Waals surface area contributed by atoms with Crippen LogP contribution in [0.2, 0.25) is 0 Å². The molecular formula is C9H15N. The molecule has 0 aliphatic carbocycles. The summed E-state index contributed by atoms with van der Waals surface area (Å²) < 4.78 is 0. The summed E-state index contributed by atoms with van der Waals surface area (Å²) >= 11 is 0. The minimum Gasteiger partial charge on any atom is -0.286 e. The van der Waals surface area contributed by atoms with E-state index in [0.717, 1.165) is 0 Å². The maximum absolute atomic E-state index is 4.27. The third kappa shape index (κ3) is 1.28. The number of hydrogen-bond donors (Lipinski definition) is 0. The Morgan fingerprint density at radius 2 is 2.00 bits per heavy atom. The molecule has 1 nitrogen and oxygen atoms in total. The van der Waals surface area contributed by atoms with Crippen molar-refractivity contribution < 1.29 is 0 Å². The van der Waals surface area contributed by atoms with E-state index in [-0.39, 0.29) is 5.41 Å². The molecule has 56 valence electrons. The third-order valence-corrected chi connectivity index (χ3v) is 1.88. The Hall–Kier alpha value is -0.590. The van der Waals surface area contributed by atoms with Crippen LogP contribution < -0.4 is 0 Å². The Morgan fingerprint density at radius 3 is 2.20 bits per heavy atom. The molecule has 0 aromatic heterocycles. The van der Waals surface area contributed by atoms with Crippen molar-refractivity contribution in [1.29, 1.82) is 0 Å². The monoisotopic (exact) mass is 137 g/mol. The lowest BCUT2D eigenvalue weighted by Crippen LogP contribution is -2.15. The van der Waals surface area contributed by atoms with Gasteiger partial charge in [0.05, 0.1) is 6.04 Å². The molecular weight excluding hydrogens is 122 g/mol. The molecule has 1 atom stereocenters. The predicted molar refractivity (Wildman–Crippen MR) is 45.5 cm³/mol. The average Bonchev–Trinajstić information content (AvgIpc) is 2.11. The van der Waals surface area contributed by atoms with Crippen LogP contribution in [-0.2, 0) is 0 Å². The normalized spacial score (nSPS) is 25.2. The molecule has 0 aromatic carbocycles. The van der Waals surface area contributed by atoms with Crippen LogP contribution in [0.25, 0.3) is 0 Å². The zero-order valence-electron chi connectivity index (χ0n) is 7.18. The van der Waals surface area contributed by atoms with E-state index in [2.05, 4.69) is 38.8 Å². The number of aliphatic imine (C=N–C) groups is 1. The molecule has 1 aliphatic heterocycles. The summed E-state index contributed by atoms with van der Waals surface area (Å²) in [5, 5.41) is 0. The SMILES string of the molecule is CC1N=CC=C1C(C)(C)C. The van der Waals surface area contributed by atoms with Gasteiger partial charge in [0.1, 0.15) is 0 Å². The van der Waals surface area contributed by atoms with Gasteiger partial charge in [-0.3, -0.25) is 4.99 Å². The van der Waals surface area contributed by atoms with Crippen LogP contribution in [0.3, 0.4) is 0 Å². The third-order valence-electron chi connectivity index (χ3n) is 1.88. The van der Waals surface area contributed by atoms with Crippen LogP contribution in [-0.4, -0.2) is 12.3 Å². The summed E-state index contributed by atoms with van der Waals surface area (Å²) in [4.78, 5) is 4.27. The van der Waals surface area contributed by atoms with Gasteiger partial charge in [-0.15, -0.1) is 0 Å². The van der Waals surface area contributed by atoms with E-state index in [1.807, 2.05) is 6.21 Å². The topological polar surface area (TPSA) is 12.4 Å². The molecule has 1 rings (SSSR count). The molecule has 0 saturated heterocycles. The molecule has 0 saturated carbocycles. The first kappa shape index (κ1) is 7.52. The molecule has 1 heterocycles. The van der Waals surface area contributed by atoms with Crippen molar-refractivity contribution in [3.05, 3.63) is 11.6 Å². The van der Waals surface area contributed by atoms with Gasteiger partial charge in [0.25, 0.3) is 0 Å². The van der Waals surface area contributed by atoms with Crippen molar-refractivity contribution in [1.82, 2.24) is 0 Å². The zero-order chi connectivity index (χ0) is 7.78. The largest absolute Gasteiger partial charge is 0.286 e. The van der Waals surface area contributed by atoms with Gasteiger partial charge in [0.15, 0.2) is 0 Å². The maximum atomic E-state index is 4.27. The highest BCUT2D eigenvalue weighted by Gasteiger charge is 2.23. The number of rotatable bonds is 0. The fourth-order valence-electron chi connectivity index (χ4n) is 1.35. The number of nitrogens with zero attached hydrogens (tertiary/aromatic N) is 1. The van der Waals surface area contributed by atoms with Gasteiger partial charge >= 0.3 is 0 Å². The Kier molecular flexibility index (Phi) is 1.67. The first-order chi connectivity index (χ1) is 4.52. The number of allylic oxidation sites excluding steroid dienone is 1. The van der Waals surface area contributed by atoms with E-state index in [4.69, 9.17) is 0 Å². The molecule has 0 spiro atoms. The van der Waals surface area contributed by atoms with Gasteiger partial charge in [-0.05, 0) is 24.0 Å². The zero-order valence-corrected chi connectivity index (χ0v) is 7.18. The molecule has 1 heteroatoms. The minimum absolute atomic E-state index is 0.288. The highest BCUT2D eigenvalue weighted by molar-refractivity contribution is 5.76. The Morgan fingerprint density at radius 1 is 1.40 bits per heavy atom. The molecule has 1 aliphatic rings. The fraction of sp³-hybridized carbons (Fsp3) is 0.667. The van der Waals surface area contributed by atoms with Crippen LogP contribution in [0.1, 0.15) is 27.7 Å². The van der Waals surface area contributed by atoms with Gasteiger partial charge in [0, 0.05) is 6.21 Å². The molecule has 0 N–H and O–H groups in total. The van der Waals surface area contributed by atoms with Crippen molar-refractivity contribution in [3.63, 3.8) is 0 Å². The summed E-state index contributed by atoms with van der Waals surface area (Å²) in [6.45, 7) is 8.82. The van der Waals surface area contributed by atoms with E-state index in [9.17, 15) is 0 Å². The summed E-state index contributed by atoms with van der Waals surface area (Å²) in [5.41, 5.74) is 1.73. The summed E-state index contributed by atoms with van der Waals surface area (Å²) in [5.74, 6) is 0. The van der Waals surface area contributed by atoms with Crippen molar-refractivity contribution >= 4 is 6.21 Å². The van der Waals surface area contributed by atoms with E-state index in [1.54, 1.807) is 0 Å². The van der Waals surface area contributed by atoms with E-state index >= 15 is 0 Å². The summed E-state index contributed by atoms with van der Waals surface area (Å²) in [6, 6.07) is 0.403. The highest BCUT2D eigenvalue weighted by atomic mass is 14.8. The van der Waals surface area contributed by atoms with Gasteiger partial charge < -0.3 is 0 Å². The summed E-state index contributed by atoms with van der Waals surface area (Å²) in [7, 11) is 0. The Bertz CT molecular complexity index is 181. The van der Waals surface area contributed by atoms with Gasteiger partial charge in [0.2, 0.25) is 0 Å². The van der Waals surface area contributed by atoms with Gasteiger partial charge in [-0.1, -0.05) is 20.8 Å². The average molecular weight is 137 g/mol. The van der Waals surface area contributed by atoms with Crippen molar-refractivity contribution in [2.75, 3.05) is 0 Å². The van der Waals surface area contributed by atoms with E-state index < -0.39 is 0 Å². The van der Waals surface area contributed by atoms with E-state index in [1.165, 1.54) is 5.57 Å². The molecule has 0 amide bonds. The van der Waals surface area contributed by atoms with Crippen LogP contribution in [0.15, 0.2) is 16.6 Å². The molecule has 10 heavy (non-hydrogen) atoms. The minimum atomic E-state index is 0.288. The van der Waals surface area contributed by atoms with Gasteiger partial charge in [-0.2, -0.15) is 0 Å². The van der Waals surface area contributed by atoms with Crippen LogP contribution in [0.5, 0.6) is 0 Å². The van der Waals surface area contributed by atoms with Crippen molar-refractivity contribution in [3.8, 4) is 0 Å². The molecule has 0 bridgehead atoms. The molecule has 0 radical (unpaired) electrons. The molecule has 0 fully saturated rings. The van der Waals surface area contributed by atoms with E-state index in [0.29, 0.717) is 6.04 Å². The molecule has 0 aromatic rings. The second-order valence-corrected chi connectivity index (χ2v) is 3.85. The van der Waals surface area contributed by atoms with Crippen LogP contribution in [0.4, 0.5) is 0 Å². The first-order valence-corrected chi connectivity index (χ1v) is 3.75. The maximum Gasteiger partial charge on any atom is 0.0689 e. The predicted octanol–water partition coefficient (Wildman–Crippen LogP) is 2.43. The van der Waals surface area contributed by atoms with Crippen LogP contribution >= 0.6 is 0 Å². The fourth-order valence-corrected chi connectivity index (χ4v) is 1.35. The standard InChI is InChI=1S/C9H15N/c1-7-8(5-6-10-7)9(2,3)4/h5-7H,1-4H3. The highest BCUT2D eigenvalue weighted by Crippen LogP contribution is 2.30. The second-order valence-electron chi connectivity index (χ2n) is 3.85.